The first-order valence-electron chi connectivity index (χ1n) is 9.00. The van der Waals surface area contributed by atoms with Crippen molar-refractivity contribution in [3.8, 4) is 0 Å². The van der Waals surface area contributed by atoms with Gasteiger partial charge in [0.2, 0.25) is 5.91 Å². The molecular formula is C20H26N2OS. The molecule has 1 saturated carbocycles. The minimum Gasteiger partial charge on any atom is -0.324 e. The zero-order valence-corrected chi connectivity index (χ0v) is 15.4. The lowest BCUT2D eigenvalue weighted by atomic mass is 10.0. The lowest BCUT2D eigenvalue weighted by Crippen LogP contribution is -2.27. The first-order valence-corrected chi connectivity index (χ1v) is 9.94. The van der Waals surface area contributed by atoms with Gasteiger partial charge in [0.1, 0.15) is 0 Å². The number of nitrogens with zero attached hydrogens (tertiary/aromatic N) is 1. The Balaban J connectivity index is 1.75. The van der Waals surface area contributed by atoms with E-state index in [2.05, 4.69) is 17.2 Å². The van der Waals surface area contributed by atoms with E-state index in [1.54, 1.807) is 0 Å². The third-order valence-electron chi connectivity index (χ3n) is 4.67. The van der Waals surface area contributed by atoms with Crippen LogP contribution in [-0.2, 0) is 4.79 Å². The quantitative estimate of drug-likeness (QED) is 0.799. The molecule has 1 N–H and O–H groups in total. The molecule has 0 spiro atoms. The van der Waals surface area contributed by atoms with Crippen LogP contribution in [0.25, 0.3) is 10.9 Å². The van der Waals surface area contributed by atoms with E-state index >= 15 is 0 Å². The van der Waals surface area contributed by atoms with E-state index in [1.165, 1.54) is 32.1 Å². The molecule has 0 aliphatic heterocycles. The molecule has 2 aromatic rings. The highest BCUT2D eigenvalue weighted by Crippen LogP contribution is 2.33. The summed E-state index contributed by atoms with van der Waals surface area (Å²) in [7, 11) is 0. The van der Waals surface area contributed by atoms with Gasteiger partial charge in [0.25, 0.3) is 0 Å². The van der Waals surface area contributed by atoms with Gasteiger partial charge in [-0.25, -0.2) is 0 Å². The highest BCUT2D eigenvalue weighted by atomic mass is 32.2. The van der Waals surface area contributed by atoms with Crippen molar-refractivity contribution in [3.63, 3.8) is 0 Å². The van der Waals surface area contributed by atoms with Crippen LogP contribution in [0.1, 0.15) is 51.1 Å². The molecule has 1 atom stereocenters. The third-order valence-corrected chi connectivity index (χ3v) is 6.41. The highest BCUT2D eigenvalue weighted by Gasteiger charge is 2.24. The molecule has 3 rings (SSSR count). The average molecular weight is 343 g/mol. The SMILES string of the molecule is CCC(SC1CCCCC1)C(=O)Nc1cc(C)nc2ccccc12. The van der Waals surface area contributed by atoms with Crippen LogP contribution in [0.15, 0.2) is 30.3 Å². The van der Waals surface area contributed by atoms with E-state index < -0.39 is 0 Å². The number of benzene rings is 1. The molecule has 0 radical (unpaired) electrons. The third kappa shape index (κ3) is 4.10. The Hall–Kier alpha value is -1.55. The van der Waals surface area contributed by atoms with Crippen LogP contribution in [-0.4, -0.2) is 21.4 Å². The van der Waals surface area contributed by atoms with Crippen molar-refractivity contribution in [1.29, 1.82) is 0 Å². The van der Waals surface area contributed by atoms with Crippen molar-refractivity contribution in [1.82, 2.24) is 4.98 Å². The van der Waals surface area contributed by atoms with Gasteiger partial charge in [-0.1, -0.05) is 44.4 Å². The Morgan fingerprint density at radius 3 is 2.79 bits per heavy atom. The Kier molecular flexibility index (Phi) is 5.77. The Morgan fingerprint density at radius 2 is 2.04 bits per heavy atom. The van der Waals surface area contributed by atoms with Gasteiger partial charge < -0.3 is 5.32 Å². The van der Waals surface area contributed by atoms with Crippen LogP contribution >= 0.6 is 11.8 Å². The molecule has 1 amide bonds. The van der Waals surface area contributed by atoms with Gasteiger partial charge in [-0.05, 0) is 38.3 Å². The second kappa shape index (κ2) is 8.02. The van der Waals surface area contributed by atoms with Crippen molar-refractivity contribution in [2.45, 2.75) is 62.9 Å². The van der Waals surface area contributed by atoms with Crippen LogP contribution in [0.5, 0.6) is 0 Å². The van der Waals surface area contributed by atoms with Crippen molar-refractivity contribution in [3.05, 3.63) is 36.0 Å². The number of aromatic nitrogens is 1. The number of nitrogens with one attached hydrogen (secondary N) is 1. The fourth-order valence-corrected chi connectivity index (χ4v) is 4.85. The van der Waals surface area contributed by atoms with E-state index in [0.29, 0.717) is 5.25 Å². The van der Waals surface area contributed by atoms with E-state index in [1.807, 2.05) is 49.0 Å². The largest absolute Gasteiger partial charge is 0.324 e. The molecule has 1 aliphatic rings. The topological polar surface area (TPSA) is 42.0 Å². The fraction of sp³-hybridized carbons (Fsp3) is 0.500. The maximum absolute atomic E-state index is 12.8. The molecule has 1 fully saturated rings. The summed E-state index contributed by atoms with van der Waals surface area (Å²) >= 11 is 1.87. The Labute approximate surface area is 148 Å². The van der Waals surface area contributed by atoms with Crippen LogP contribution in [0, 0.1) is 6.92 Å². The van der Waals surface area contributed by atoms with Gasteiger partial charge >= 0.3 is 0 Å². The zero-order valence-electron chi connectivity index (χ0n) is 14.5. The summed E-state index contributed by atoms with van der Waals surface area (Å²) in [5.41, 5.74) is 2.74. The van der Waals surface area contributed by atoms with Crippen LogP contribution in [0.4, 0.5) is 5.69 Å². The fourth-order valence-electron chi connectivity index (χ4n) is 3.40. The summed E-state index contributed by atoms with van der Waals surface area (Å²) in [4.78, 5) is 17.4. The monoisotopic (exact) mass is 342 g/mol. The second-order valence-corrected chi connectivity index (χ2v) is 8.12. The number of hydrogen-bond acceptors (Lipinski definition) is 3. The van der Waals surface area contributed by atoms with Gasteiger partial charge in [-0.3, -0.25) is 9.78 Å². The lowest BCUT2D eigenvalue weighted by molar-refractivity contribution is -0.115. The molecule has 128 valence electrons. The molecule has 4 heteroatoms. The standard InChI is InChI=1S/C20H26N2OS/c1-3-19(24-15-9-5-4-6-10-15)20(23)22-18-13-14(2)21-17-12-8-7-11-16(17)18/h7-8,11-13,15,19H,3-6,9-10H2,1-2H3,(H,21,22,23). The number of rotatable bonds is 5. The van der Waals surface area contributed by atoms with Crippen LogP contribution in [0.3, 0.4) is 0 Å². The molecule has 1 aromatic heterocycles. The van der Waals surface area contributed by atoms with Crippen molar-refractivity contribution in [2.75, 3.05) is 5.32 Å². The maximum Gasteiger partial charge on any atom is 0.237 e. The molecule has 1 unspecified atom stereocenters. The smallest absolute Gasteiger partial charge is 0.237 e. The van der Waals surface area contributed by atoms with Gasteiger partial charge in [0.15, 0.2) is 0 Å². The molecule has 0 bridgehead atoms. The molecule has 1 heterocycles. The number of anilines is 1. The predicted octanol–water partition coefficient (Wildman–Crippen LogP) is 5.33. The van der Waals surface area contributed by atoms with E-state index in [0.717, 1.165) is 28.7 Å². The lowest BCUT2D eigenvalue weighted by Gasteiger charge is -2.25. The normalized spacial score (nSPS) is 16.9. The molecular weight excluding hydrogens is 316 g/mol. The number of carbonyl (C=O) groups is 1. The second-order valence-electron chi connectivity index (χ2n) is 6.61. The Bertz CT molecular complexity index is 710. The van der Waals surface area contributed by atoms with E-state index in [4.69, 9.17) is 0 Å². The molecule has 0 saturated heterocycles. The zero-order chi connectivity index (χ0) is 16.9. The molecule has 1 aromatic carbocycles. The number of hydrogen-bond donors (Lipinski definition) is 1. The number of amides is 1. The van der Waals surface area contributed by atoms with Gasteiger partial charge in [0, 0.05) is 16.3 Å². The number of fused-ring (bicyclic) bond motifs is 1. The number of thioether (sulfide) groups is 1. The molecule has 24 heavy (non-hydrogen) atoms. The van der Waals surface area contributed by atoms with Crippen molar-refractivity contribution >= 4 is 34.3 Å². The van der Waals surface area contributed by atoms with Gasteiger partial charge in [0.05, 0.1) is 16.5 Å². The first-order chi connectivity index (χ1) is 11.7. The number of carbonyl (C=O) groups excluding carboxylic acids is 1. The van der Waals surface area contributed by atoms with Crippen molar-refractivity contribution < 1.29 is 4.79 Å². The predicted molar refractivity (Wildman–Crippen MR) is 104 cm³/mol. The van der Waals surface area contributed by atoms with Crippen molar-refractivity contribution in [2.24, 2.45) is 0 Å². The average Bonchev–Trinajstić information content (AvgIpc) is 2.60. The van der Waals surface area contributed by atoms with Crippen LogP contribution < -0.4 is 5.32 Å². The molecule has 3 nitrogen and oxygen atoms in total. The number of pyridine rings is 1. The summed E-state index contributed by atoms with van der Waals surface area (Å²) in [6.07, 6.45) is 7.35. The summed E-state index contributed by atoms with van der Waals surface area (Å²) in [5.74, 6) is 0.129. The number of aryl methyl sites for hydroxylation is 1. The van der Waals surface area contributed by atoms with E-state index in [-0.39, 0.29) is 11.2 Å². The van der Waals surface area contributed by atoms with Gasteiger partial charge in [-0.2, -0.15) is 0 Å². The Morgan fingerprint density at radius 1 is 1.29 bits per heavy atom. The van der Waals surface area contributed by atoms with Crippen LogP contribution in [0.2, 0.25) is 0 Å². The van der Waals surface area contributed by atoms with E-state index in [9.17, 15) is 4.79 Å². The van der Waals surface area contributed by atoms with Gasteiger partial charge in [-0.15, -0.1) is 11.8 Å². The summed E-state index contributed by atoms with van der Waals surface area (Å²) < 4.78 is 0. The minimum absolute atomic E-state index is 0.0281. The summed E-state index contributed by atoms with van der Waals surface area (Å²) in [6.45, 7) is 4.08. The minimum atomic E-state index is 0.0281. The number of para-hydroxylation sites is 1. The summed E-state index contributed by atoms with van der Waals surface area (Å²) in [6, 6.07) is 9.95. The maximum atomic E-state index is 12.8. The summed E-state index contributed by atoms with van der Waals surface area (Å²) in [5, 5.41) is 4.85. The highest BCUT2D eigenvalue weighted by molar-refractivity contribution is 8.01. The first kappa shape index (κ1) is 17.3. The molecule has 1 aliphatic carbocycles.